The van der Waals surface area contributed by atoms with E-state index in [1.165, 1.54) is 0 Å². The molecule has 0 aliphatic rings. The van der Waals surface area contributed by atoms with Crippen molar-refractivity contribution in [2.75, 3.05) is 12.3 Å². The van der Waals surface area contributed by atoms with E-state index in [-0.39, 0.29) is 11.7 Å². The highest BCUT2D eigenvalue weighted by Crippen LogP contribution is 2.15. The average Bonchev–Trinajstić information content (AvgIpc) is 2.41. The van der Waals surface area contributed by atoms with Crippen molar-refractivity contribution in [3.63, 3.8) is 0 Å². The van der Waals surface area contributed by atoms with Crippen LogP contribution in [0.25, 0.3) is 0 Å². The number of nitrogens with one attached hydrogen (secondary N) is 1. The Labute approximate surface area is 111 Å². The van der Waals surface area contributed by atoms with Gasteiger partial charge in [-0.15, -0.1) is 0 Å². The molecule has 0 aliphatic heterocycles. The van der Waals surface area contributed by atoms with Gasteiger partial charge in [0.25, 0.3) is 5.91 Å². The average molecular weight is 256 g/mol. The second-order valence-corrected chi connectivity index (χ2v) is 4.26. The van der Waals surface area contributed by atoms with Crippen LogP contribution in [-0.2, 0) is 6.42 Å². The van der Waals surface area contributed by atoms with E-state index in [0.29, 0.717) is 24.2 Å². The van der Waals surface area contributed by atoms with Crippen molar-refractivity contribution in [2.45, 2.75) is 6.42 Å². The SMILES string of the molecule is Nc1cccc(C(=O)NCCc2ccccc2O)c1. The van der Waals surface area contributed by atoms with Crippen LogP contribution in [0.5, 0.6) is 5.75 Å². The third kappa shape index (κ3) is 3.48. The molecule has 0 spiro atoms. The molecular weight excluding hydrogens is 240 g/mol. The highest BCUT2D eigenvalue weighted by Gasteiger charge is 2.05. The van der Waals surface area contributed by atoms with Crippen molar-refractivity contribution >= 4 is 11.6 Å². The fraction of sp³-hybridized carbons (Fsp3) is 0.133. The first kappa shape index (κ1) is 13.0. The van der Waals surface area contributed by atoms with E-state index in [9.17, 15) is 9.90 Å². The molecule has 0 fully saturated rings. The zero-order chi connectivity index (χ0) is 13.7. The Kier molecular flexibility index (Phi) is 4.03. The normalized spacial score (nSPS) is 10.1. The van der Waals surface area contributed by atoms with E-state index >= 15 is 0 Å². The predicted octanol–water partition coefficient (Wildman–Crippen LogP) is 1.95. The zero-order valence-electron chi connectivity index (χ0n) is 10.5. The molecule has 2 aromatic rings. The number of benzene rings is 2. The summed E-state index contributed by atoms with van der Waals surface area (Å²) >= 11 is 0. The third-order valence-corrected chi connectivity index (χ3v) is 2.82. The van der Waals surface area contributed by atoms with Gasteiger partial charge in [0.15, 0.2) is 0 Å². The van der Waals surface area contributed by atoms with Crippen LogP contribution >= 0.6 is 0 Å². The minimum atomic E-state index is -0.164. The molecule has 4 heteroatoms. The molecule has 0 heterocycles. The van der Waals surface area contributed by atoms with Crippen molar-refractivity contribution in [2.24, 2.45) is 0 Å². The summed E-state index contributed by atoms with van der Waals surface area (Å²) < 4.78 is 0. The fourth-order valence-electron chi connectivity index (χ4n) is 1.81. The van der Waals surface area contributed by atoms with Gasteiger partial charge in [0.05, 0.1) is 0 Å². The summed E-state index contributed by atoms with van der Waals surface area (Å²) in [5.41, 5.74) is 7.54. The smallest absolute Gasteiger partial charge is 0.251 e. The molecule has 4 nitrogen and oxygen atoms in total. The van der Waals surface area contributed by atoms with Gasteiger partial charge in [-0.05, 0) is 36.2 Å². The standard InChI is InChI=1S/C15H16N2O2/c16-13-6-3-5-12(10-13)15(19)17-9-8-11-4-1-2-7-14(11)18/h1-7,10,18H,8-9,16H2,(H,17,19). The van der Waals surface area contributed by atoms with Gasteiger partial charge in [-0.1, -0.05) is 24.3 Å². The highest BCUT2D eigenvalue weighted by atomic mass is 16.3. The summed E-state index contributed by atoms with van der Waals surface area (Å²) in [5.74, 6) is 0.0865. The summed E-state index contributed by atoms with van der Waals surface area (Å²) in [7, 11) is 0. The van der Waals surface area contributed by atoms with E-state index in [1.807, 2.05) is 12.1 Å². The number of amides is 1. The molecule has 0 saturated carbocycles. The van der Waals surface area contributed by atoms with Gasteiger partial charge in [-0.2, -0.15) is 0 Å². The molecule has 0 saturated heterocycles. The van der Waals surface area contributed by atoms with E-state index < -0.39 is 0 Å². The molecule has 98 valence electrons. The maximum Gasteiger partial charge on any atom is 0.251 e. The molecule has 0 aromatic heterocycles. The molecule has 0 atom stereocenters. The van der Waals surface area contributed by atoms with Crippen LogP contribution in [0.15, 0.2) is 48.5 Å². The Hall–Kier alpha value is -2.49. The zero-order valence-corrected chi connectivity index (χ0v) is 10.5. The number of aromatic hydroxyl groups is 1. The predicted molar refractivity (Wildman–Crippen MR) is 75.0 cm³/mol. The lowest BCUT2D eigenvalue weighted by atomic mass is 10.1. The molecule has 0 bridgehead atoms. The second-order valence-electron chi connectivity index (χ2n) is 4.26. The van der Waals surface area contributed by atoms with Crippen molar-refractivity contribution < 1.29 is 9.90 Å². The summed E-state index contributed by atoms with van der Waals surface area (Å²) in [6, 6.07) is 13.9. The van der Waals surface area contributed by atoms with Crippen LogP contribution in [0.1, 0.15) is 15.9 Å². The highest BCUT2D eigenvalue weighted by molar-refractivity contribution is 5.94. The number of rotatable bonds is 4. The van der Waals surface area contributed by atoms with Gasteiger partial charge in [0.2, 0.25) is 0 Å². The molecular formula is C15H16N2O2. The van der Waals surface area contributed by atoms with E-state index in [0.717, 1.165) is 5.56 Å². The van der Waals surface area contributed by atoms with Crippen molar-refractivity contribution in [3.05, 3.63) is 59.7 Å². The Morgan fingerprint density at radius 2 is 1.95 bits per heavy atom. The van der Waals surface area contributed by atoms with Gasteiger partial charge in [0, 0.05) is 17.8 Å². The van der Waals surface area contributed by atoms with Gasteiger partial charge in [0.1, 0.15) is 5.75 Å². The maximum atomic E-state index is 11.8. The van der Waals surface area contributed by atoms with Gasteiger partial charge >= 0.3 is 0 Å². The number of phenolic OH excluding ortho intramolecular Hbond substituents is 1. The first-order chi connectivity index (χ1) is 9.16. The van der Waals surface area contributed by atoms with Crippen molar-refractivity contribution in [1.29, 1.82) is 0 Å². The fourth-order valence-corrected chi connectivity index (χ4v) is 1.81. The van der Waals surface area contributed by atoms with Gasteiger partial charge in [-0.3, -0.25) is 4.79 Å². The minimum absolute atomic E-state index is 0.164. The number of carbonyl (C=O) groups excluding carboxylic acids is 1. The Morgan fingerprint density at radius 3 is 2.68 bits per heavy atom. The summed E-state index contributed by atoms with van der Waals surface area (Å²) in [6.07, 6.45) is 0.584. The molecule has 4 N–H and O–H groups in total. The monoisotopic (exact) mass is 256 g/mol. The van der Waals surface area contributed by atoms with Gasteiger partial charge < -0.3 is 16.2 Å². The lowest BCUT2D eigenvalue weighted by molar-refractivity contribution is 0.0954. The number of hydrogen-bond acceptors (Lipinski definition) is 3. The Morgan fingerprint density at radius 1 is 1.16 bits per heavy atom. The van der Waals surface area contributed by atoms with Crippen molar-refractivity contribution in [1.82, 2.24) is 5.32 Å². The number of nitrogen functional groups attached to an aromatic ring is 1. The van der Waals surface area contributed by atoms with Crippen molar-refractivity contribution in [3.8, 4) is 5.75 Å². The molecule has 2 aromatic carbocycles. The second kappa shape index (κ2) is 5.91. The van der Waals surface area contributed by atoms with Crippen LogP contribution in [0, 0.1) is 0 Å². The first-order valence-electron chi connectivity index (χ1n) is 6.07. The minimum Gasteiger partial charge on any atom is -0.508 e. The van der Waals surface area contributed by atoms with E-state index in [2.05, 4.69) is 5.32 Å². The van der Waals surface area contributed by atoms with E-state index in [1.54, 1.807) is 36.4 Å². The number of anilines is 1. The quantitative estimate of drug-likeness (QED) is 0.732. The molecule has 1 amide bonds. The van der Waals surface area contributed by atoms with Crippen LogP contribution in [0.4, 0.5) is 5.69 Å². The third-order valence-electron chi connectivity index (χ3n) is 2.82. The first-order valence-corrected chi connectivity index (χ1v) is 6.07. The largest absolute Gasteiger partial charge is 0.508 e. The number of phenols is 1. The molecule has 0 aliphatic carbocycles. The molecule has 0 unspecified atom stereocenters. The molecule has 0 radical (unpaired) electrons. The number of hydrogen-bond donors (Lipinski definition) is 3. The van der Waals surface area contributed by atoms with Crippen LogP contribution in [0.3, 0.4) is 0 Å². The lowest BCUT2D eigenvalue weighted by Crippen LogP contribution is -2.25. The van der Waals surface area contributed by atoms with Crippen LogP contribution in [-0.4, -0.2) is 17.6 Å². The summed E-state index contributed by atoms with van der Waals surface area (Å²) in [6.45, 7) is 0.463. The topological polar surface area (TPSA) is 75.4 Å². The lowest BCUT2D eigenvalue weighted by Gasteiger charge is -2.07. The maximum absolute atomic E-state index is 11.8. The number of para-hydroxylation sites is 1. The Balaban J connectivity index is 1.90. The number of carbonyl (C=O) groups is 1. The van der Waals surface area contributed by atoms with Crippen LogP contribution in [0.2, 0.25) is 0 Å². The van der Waals surface area contributed by atoms with Crippen LogP contribution < -0.4 is 11.1 Å². The Bertz CT molecular complexity index is 582. The van der Waals surface area contributed by atoms with E-state index in [4.69, 9.17) is 5.73 Å². The molecule has 2 rings (SSSR count). The number of nitrogens with two attached hydrogens (primary N) is 1. The molecule has 19 heavy (non-hydrogen) atoms. The summed E-state index contributed by atoms with van der Waals surface area (Å²) in [5, 5.41) is 12.4. The summed E-state index contributed by atoms with van der Waals surface area (Å²) in [4.78, 5) is 11.8. The van der Waals surface area contributed by atoms with Gasteiger partial charge in [-0.25, -0.2) is 0 Å².